The van der Waals surface area contributed by atoms with Crippen molar-refractivity contribution in [2.45, 2.75) is 56.0 Å². The minimum atomic E-state index is -1.44. The number of benzene rings is 2. The molecule has 4 N–H and O–H groups in total. The molecule has 1 saturated heterocycles. The molecule has 5 atom stereocenters. The molecule has 2 fully saturated rings. The summed E-state index contributed by atoms with van der Waals surface area (Å²) in [6.45, 7) is 1.52. The molecule has 1 amide bonds. The lowest BCUT2D eigenvalue weighted by atomic mass is 9.79. The van der Waals surface area contributed by atoms with Gasteiger partial charge >= 0.3 is 0 Å². The maximum absolute atomic E-state index is 13.4. The number of para-hydroxylation sites is 1. The number of halogens is 1. The van der Waals surface area contributed by atoms with Gasteiger partial charge in [0.2, 0.25) is 5.91 Å². The van der Waals surface area contributed by atoms with E-state index in [0.717, 1.165) is 22.9 Å². The Hall–Kier alpha value is -2.59. The van der Waals surface area contributed by atoms with Crippen LogP contribution in [0.15, 0.2) is 54.7 Å². The van der Waals surface area contributed by atoms with E-state index in [1.165, 1.54) is 0 Å². The van der Waals surface area contributed by atoms with E-state index in [4.69, 9.17) is 26.8 Å². The van der Waals surface area contributed by atoms with Gasteiger partial charge in [-0.15, -0.1) is 0 Å². The van der Waals surface area contributed by atoms with Crippen molar-refractivity contribution in [1.29, 1.82) is 0 Å². The summed E-state index contributed by atoms with van der Waals surface area (Å²) >= 11 is 6.84. The zero-order valence-corrected chi connectivity index (χ0v) is 23.6. The number of nitrogens with zero attached hydrogens (tertiary/aromatic N) is 2. The lowest BCUT2D eigenvalue weighted by Crippen LogP contribution is -2.55. The smallest absolute Gasteiger partial charge is 0.226 e. The molecule has 8 nitrogen and oxygen atoms in total. The summed E-state index contributed by atoms with van der Waals surface area (Å²) < 4.78 is 11.5. The van der Waals surface area contributed by atoms with Gasteiger partial charge in [-0.25, -0.2) is 0 Å². The third-order valence-corrected chi connectivity index (χ3v) is 8.67. The highest BCUT2D eigenvalue weighted by atomic mass is 35.5. The minimum absolute atomic E-state index is 0.0490. The van der Waals surface area contributed by atoms with Crippen LogP contribution in [0, 0.1) is 5.92 Å². The molecule has 2 heterocycles. The first-order valence-corrected chi connectivity index (χ1v) is 14.4. The summed E-state index contributed by atoms with van der Waals surface area (Å²) in [6, 6.07) is 15.0. The average molecular weight is 568 g/mol. The highest BCUT2D eigenvalue weighted by molar-refractivity contribution is 6.33. The highest BCUT2D eigenvalue weighted by Gasteiger charge is 2.45. The number of unbranched alkanes of at least 4 members (excludes halogenated alkanes) is 1. The van der Waals surface area contributed by atoms with Crippen molar-refractivity contribution in [2.75, 3.05) is 33.4 Å². The van der Waals surface area contributed by atoms with E-state index in [-0.39, 0.29) is 18.4 Å². The van der Waals surface area contributed by atoms with Gasteiger partial charge in [-0.05, 0) is 55.9 Å². The van der Waals surface area contributed by atoms with Gasteiger partial charge in [-0.2, -0.15) is 0 Å². The quantitative estimate of drug-likeness (QED) is 0.336. The molecule has 2 aliphatic rings. The van der Waals surface area contributed by atoms with Crippen LogP contribution < -0.4 is 5.73 Å². The molecule has 1 aromatic heterocycles. The Morgan fingerprint density at radius 3 is 2.83 bits per heavy atom. The van der Waals surface area contributed by atoms with Gasteiger partial charge in [0, 0.05) is 60.0 Å². The zero-order chi connectivity index (χ0) is 28.3. The molecule has 5 unspecified atom stereocenters. The van der Waals surface area contributed by atoms with Gasteiger partial charge in [0.1, 0.15) is 11.7 Å². The maximum Gasteiger partial charge on any atom is 0.226 e. The number of pyridine rings is 1. The largest absolute Gasteiger partial charge is 0.391 e. The first kappa shape index (κ1) is 28.9. The third kappa shape index (κ3) is 5.88. The topological polar surface area (TPSA) is 118 Å². The molecule has 5 rings (SSSR count). The van der Waals surface area contributed by atoms with Crippen molar-refractivity contribution in [3.05, 3.63) is 65.3 Å². The molecule has 214 valence electrons. The molecular formula is C31H38ClN3O5. The normalized spacial score (nSPS) is 24.8. The fourth-order valence-corrected chi connectivity index (χ4v) is 6.43. The average Bonchev–Trinajstić information content (AvgIpc) is 3.32. The van der Waals surface area contributed by atoms with Gasteiger partial charge < -0.3 is 30.3 Å². The van der Waals surface area contributed by atoms with E-state index in [0.29, 0.717) is 61.6 Å². The van der Waals surface area contributed by atoms with Crippen molar-refractivity contribution in [2.24, 2.45) is 11.7 Å². The summed E-state index contributed by atoms with van der Waals surface area (Å²) in [7, 11) is 1.66. The number of aliphatic hydroxyl groups excluding tert-OH is 1. The Morgan fingerprint density at radius 1 is 1.23 bits per heavy atom. The number of rotatable bonds is 9. The number of fused-ring (bicyclic) bond motifs is 1. The zero-order valence-electron chi connectivity index (χ0n) is 22.8. The summed E-state index contributed by atoms with van der Waals surface area (Å²) in [5.74, 6) is -0.379. The van der Waals surface area contributed by atoms with Crippen LogP contribution in [0.25, 0.3) is 22.0 Å². The van der Waals surface area contributed by atoms with Crippen molar-refractivity contribution in [3.63, 3.8) is 0 Å². The Kier molecular flexibility index (Phi) is 9.05. The number of carbonyl (C=O) groups is 1. The Bertz CT molecular complexity index is 1330. The predicted octanol–water partition coefficient (Wildman–Crippen LogP) is 3.89. The van der Waals surface area contributed by atoms with Gasteiger partial charge in [0.05, 0.1) is 24.8 Å². The SMILES string of the molecule is COCCCCC(O)(c1cccc(Cl)c1-c1cnc2ccccc2c1)C1CN(C(=O)C2CC(N)C(O)C2)CCO1. The van der Waals surface area contributed by atoms with Crippen LogP contribution in [0.4, 0.5) is 0 Å². The summed E-state index contributed by atoms with van der Waals surface area (Å²) in [5, 5.41) is 24.2. The molecule has 9 heteroatoms. The number of hydrogen-bond acceptors (Lipinski definition) is 7. The van der Waals surface area contributed by atoms with Gasteiger partial charge in [0.25, 0.3) is 0 Å². The predicted molar refractivity (Wildman–Crippen MR) is 155 cm³/mol. The Labute approximate surface area is 240 Å². The van der Waals surface area contributed by atoms with Crippen molar-refractivity contribution >= 4 is 28.4 Å². The van der Waals surface area contributed by atoms with E-state index in [2.05, 4.69) is 4.98 Å². The lowest BCUT2D eigenvalue weighted by molar-refractivity contribution is -0.167. The summed E-state index contributed by atoms with van der Waals surface area (Å²) in [6.07, 6.45) is 3.08. The molecule has 1 aliphatic heterocycles. The lowest BCUT2D eigenvalue weighted by Gasteiger charge is -2.44. The third-order valence-electron chi connectivity index (χ3n) is 8.35. The van der Waals surface area contributed by atoms with Crippen LogP contribution in [0.5, 0.6) is 0 Å². The second-order valence-corrected chi connectivity index (χ2v) is 11.4. The Balaban J connectivity index is 1.51. The number of aliphatic hydroxyl groups is 2. The second kappa shape index (κ2) is 12.5. The van der Waals surface area contributed by atoms with Crippen molar-refractivity contribution in [1.82, 2.24) is 9.88 Å². The monoisotopic (exact) mass is 567 g/mol. The molecule has 3 aromatic rings. The summed E-state index contributed by atoms with van der Waals surface area (Å²) in [4.78, 5) is 19.8. The van der Waals surface area contributed by atoms with E-state index in [1.807, 2.05) is 48.5 Å². The number of methoxy groups -OCH3 is 1. The van der Waals surface area contributed by atoms with E-state index >= 15 is 0 Å². The number of nitrogens with two attached hydrogens (primary N) is 1. The van der Waals surface area contributed by atoms with Gasteiger partial charge in [-0.1, -0.05) is 41.9 Å². The standard InChI is InChI=1S/C31H38ClN3O5/c1-39-13-5-4-11-31(38,28-19-35(12-14-40-28)30(37)21-16-25(33)27(36)17-21)23-8-6-9-24(32)29(23)22-15-20-7-2-3-10-26(20)34-18-22/h2-3,6-10,15,18,21,25,27-28,36,38H,4-5,11-14,16-17,19,33H2,1H3. The molecule has 0 spiro atoms. The fourth-order valence-electron chi connectivity index (χ4n) is 6.14. The van der Waals surface area contributed by atoms with E-state index in [9.17, 15) is 15.0 Å². The first-order chi connectivity index (χ1) is 19.3. The van der Waals surface area contributed by atoms with Crippen LogP contribution >= 0.6 is 11.6 Å². The molecule has 2 aromatic carbocycles. The van der Waals surface area contributed by atoms with Crippen LogP contribution in [-0.4, -0.2) is 77.7 Å². The van der Waals surface area contributed by atoms with Crippen LogP contribution in [0.1, 0.15) is 37.7 Å². The number of morpholine rings is 1. The van der Waals surface area contributed by atoms with Gasteiger partial charge in [-0.3, -0.25) is 9.78 Å². The minimum Gasteiger partial charge on any atom is -0.391 e. The first-order valence-electron chi connectivity index (χ1n) is 14.0. The highest BCUT2D eigenvalue weighted by Crippen LogP contribution is 2.43. The molecule has 0 radical (unpaired) electrons. The summed E-state index contributed by atoms with van der Waals surface area (Å²) in [5.41, 5.74) is 7.57. The van der Waals surface area contributed by atoms with E-state index in [1.54, 1.807) is 18.2 Å². The van der Waals surface area contributed by atoms with Gasteiger partial charge in [0.15, 0.2) is 0 Å². The fraction of sp³-hybridized carbons (Fsp3) is 0.484. The van der Waals surface area contributed by atoms with Crippen molar-refractivity contribution in [3.8, 4) is 11.1 Å². The molecule has 1 aliphatic carbocycles. The van der Waals surface area contributed by atoms with Crippen LogP contribution in [0.3, 0.4) is 0 Å². The number of carbonyl (C=O) groups excluding carboxylic acids is 1. The molecule has 40 heavy (non-hydrogen) atoms. The van der Waals surface area contributed by atoms with E-state index < -0.39 is 23.9 Å². The number of aromatic nitrogens is 1. The molecule has 0 bridgehead atoms. The number of hydrogen-bond donors (Lipinski definition) is 3. The Morgan fingerprint density at radius 2 is 2.05 bits per heavy atom. The molecular weight excluding hydrogens is 530 g/mol. The van der Waals surface area contributed by atoms with Crippen LogP contribution in [0.2, 0.25) is 5.02 Å². The maximum atomic E-state index is 13.4. The number of ether oxygens (including phenoxy) is 2. The molecule has 1 saturated carbocycles. The number of amides is 1. The van der Waals surface area contributed by atoms with Crippen LogP contribution in [-0.2, 0) is 19.9 Å². The second-order valence-electron chi connectivity index (χ2n) is 11.0. The van der Waals surface area contributed by atoms with Crippen molar-refractivity contribution < 1.29 is 24.5 Å².